The summed E-state index contributed by atoms with van der Waals surface area (Å²) in [5.74, 6) is -0.821. The summed E-state index contributed by atoms with van der Waals surface area (Å²) in [5.41, 5.74) is 0.376. The van der Waals surface area contributed by atoms with E-state index in [1.807, 2.05) is 0 Å². The molecule has 0 radical (unpaired) electrons. The fourth-order valence-electron chi connectivity index (χ4n) is 2.49. The van der Waals surface area contributed by atoms with E-state index < -0.39 is 18.2 Å². The summed E-state index contributed by atoms with van der Waals surface area (Å²) in [7, 11) is 0. The van der Waals surface area contributed by atoms with Crippen LogP contribution in [-0.2, 0) is 10.2 Å². The van der Waals surface area contributed by atoms with E-state index in [0.29, 0.717) is 18.5 Å². The number of benzene rings is 1. The Labute approximate surface area is 140 Å². The number of hydrogen-bond acceptors (Lipinski definition) is 3. The van der Waals surface area contributed by atoms with Crippen molar-refractivity contribution in [3.05, 3.63) is 54.0 Å². The molecule has 0 atom stereocenters. The number of aromatic nitrogens is 1. The molecular formula is C17H14F4N2O2. The number of hydrogen-bond donors (Lipinski definition) is 1. The summed E-state index contributed by atoms with van der Waals surface area (Å²) >= 11 is 0. The van der Waals surface area contributed by atoms with Crippen LogP contribution in [0.1, 0.15) is 18.4 Å². The molecule has 0 bridgehead atoms. The van der Waals surface area contributed by atoms with Crippen LogP contribution >= 0.6 is 0 Å². The minimum Gasteiger partial charge on any atom is -0.468 e. The average Bonchev–Trinajstić information content (AvgIpc) is 3.36. The van der Waals surface area contributed by atoms with Crippen molar-refractivity contribution in [1.82, 2.24) is 4.98 Å². The monoisotopic (exact) mass is 354 g/mol. The highest BCUT2D eigenvalue weighted by molar-refractivity contribution is 6.01. The average molecular weight is 354 g/mol. The number of halogens is 4. The quantitative estimate of drug-likeness (QED) is 0.831. The lowest BCUT2D eigenvalue weighted by molar-refractivity contribution is -0.154. The Balaban J connectivity index is 1.64. The zero-order chi connectivity index (χ0) is 18.1. The Bertz CT molecular complexity index is 754. The van der Waals surface area contributed by atoms with Gasteiger partial charge in [0, 0.05) is 6.07 Å². The molecule has 1 amide bonds. The maximum atomic E-state index is 13.0. The highest BCUT2D eigenvalue weighted by Gasteiger charge is 2.51. The van der Waals surface area contributed by atoms with Crippen LogP contribution < -0.4 is 10.1 Å². The van der Waals surface area contributed by atoms with E-state index in [9.17, 15) is 22.4 Å². The van der Waals surface area contributed by atoms with E-state index >= 15 is 0 Å². The second-order valence-electron chi connectivity index (χ2n) is 5.83. The fourth-order valence-corrected chi connectivity index (χ4v) is 2.49. The van der Waals surface area contributed by atoms with Crippen molar-refractivity contribution < 1.29 is 27.1 Å². The molecule has 8 heteroatoms. The van der Waals surface area contributed by atoms with E-state index in [1.165, 1.54) is 30.5 Å². The van der Waals surface area contributed by atoms with E-state index in [4.69, 9.17) is 0 Å². The van der Waals surface area contributed by atoms with Gasteiger partial charge in [-0.15, -0.1) is 0 Å². The van der Waals surface area contributed by atoms with Crippen molar-refractivity contribution in [1.29, 1.82) is 0 Å². The predicted octanol–water partition coefficient (Wildman–Crippen LogP) is 3.83. The Morgan fingerprint density at radius 1 is 1.16 bits per heavy atom. The molecule has 1 heterocycles. The largest absolute Gasteiger partial charge is 0.468 e. The first-order valence-electron chi connectivity index (χ1n) is 7.52. The first-order chi connectivity index (χ1) is 11.8. The third kappa shape index (κ3) is 4.07. The summed E-state index contributed by atoms with van der Waals surface area (Å²) in [5, 5.41) is 2.68. The Morgan fingerprint density at radius 3 is 2.36 bits per heavy atom. The molecule has 25 heavy (non-hydrogen) atoms. The van der Waals surface area contributed by atoms with Crippen molar-refractivity contribution in [2.24, 2.45) is 0 Å². The van der Waals surface area contributed by atoms with E-state index in [1.54, 1.807) is 12.1 Å². The van der Waals surface area contributed by atoms with Gasteiger partial charge in [-0.1, -0.05) is 12.1 Å². The van der Waals surface area contributed by atoms with Gasteiger partial charge in [0.25, 0.3) is 0 Å². The van der Waals surface area contributed by atoms with Crippen LogP contribution in [0.4, 0.5) is 23.2 Å². The number of anilines is 1. The van der Waals surface area contributed by atoms with Crippen molar-refractivity contribution >= 4 is 11.6 Å². The summed E-state index contributed by atoms with van der Waals surface area (Å²) in [4.78, 5) is 16.2. The Hall–Kier alpha value is -2.64. The molecule has 1 aromatic carbocycles. The molecule has 1 aliphatic rings. The van der Waals surface area contributed by atoms with Crippen molar-refractivity contribution in [2.75, 3.05) is 11.9 Å². The summed E-state index contributed by atoms with van der Waals surface area (Å²) in [6, 6.07) is 8.42. The number of amides is 1. The molecule has 0 saturated heterocycles. The number of pyridine rings is 1. The summed E-state index contributed by atoms with van der Waals surface area (Å²) < 4.78 is 53.8. The zero-order valence-electron chi connectivity index (χ0n) is 12.9. The van der Waals surface area contributed by atoms with Gasteiger partial charge in [-0.2, -0.15) is 13.2 Å². The fraction of sp³-hybridized carbons (Fsp3) is 0.294. The molecule has 1 aromatic heterocycles. The highest BCUT2D eigenvalue weighted by atomic mass is 19.4. The maximum absolute atomic E-state index is 13.0. The van der Waals surface area contributed by atoms with Crippen LogP contribution in [-0.4, -0.2) is 23.7 Å². The van der Waals surface area contributed by atoms with Crippen LogP contribution in [0, 0.1) is 5.82 Å². The number of nitrogens with zero attached hydrogens (tertiary/aromatic N) is 1. The number of carbonyl (C=O) groups excluding carboxylic acids is 1. The number of rotatable bonds is 5. The lowest BCUT2D eigenvalue weighted by atomic mass is 9.95. The van der Waals surface area contributed by atoms with Gasteiger partial charge in [0.2, 0.25) is 11.8 Å². The zero-order valence-corrected chi connectivity index (χ0v) is 12.9. The standard InChI is InChI=1S/C17H14F4N2O2/c18-12-3-1-11(2-4-12)16(7-8-16)15(24)23-13-5-6-14(22-9-13)25-10-17(19,20)21/h1-6,9H,7-8,10H2,(H,23,24). The van der Waals surface area contributed by atoms with Gasteiger partial charge < -0.3 is 10.1 Å². The summed E-state index contributed by atoms with van der Waals surface area (Å²) in [6.45, 7) is -1.43. The molecule has 1 saturated carbocycles. The first-order valence-corrected chi connectivity index (χ1v) is 7.52. The molecule has 2 aromatic rings. The van der Waals surface area contributed by atoms with Gasteiger partial charge in [-0.25, -0.2) is 9.37 Å². The number of nitrogens with one attached hydrogen (secondary N) is 1. The molecule has 4 nitrogen and oxygen atoms in total. The van der Waals surface area contributed by atoms with E-state index in [2.05, 4.69) is 15.0 Å². The molecule has 3 rings (SSSR count). The maximum Gasteiger partial charge on any atom is 0.422 e. The number of alkyl halides is 3. The van der Waals surface area contributed by atoms with Gasteiger partial charge in [0.15, 0.2) is 6.61 Å². The van der Waals surface area contributed by atoms with Crippen LogP contribution in [0.2, 0.25) is 0 Å². The highest BCUT2D eigenvalue weighted by Crippen LogP contribution is 2.49. The molecule has 0 unspecified atom stereocenters. The van der Waals surface area contributed by atoms with E-state index in [-0.39, 0.29) is 17.6 Å². The molecule has 1 aliphatic carbocycles. The second kappa shape index (κ2) is 6.34. The Kier molecular flexibility index (Phi) is 4.36. The van der Waals surface area contributed by atoms with Gasteiger partial charge in [0.1, 0.15) is 5.82 Å². The second-order valence-corrected chi connectivity index (χ2v) is 5.83. The number of ether oxygens (including phenoxy) is 1. The van der Waals surface area contributed by atoms with Gasteiger partial charge >= 0.3 is 6.18 Å². The first kappa shape index (κ1) is 17.2. The topological polar surface area (TPSA) is 51.2 Å². The lowest BCUT2D eigenvalue weighted by Crippen LogP contribution is -2.27. The molecular weight excluding hydrogens is 340 g/mol. The third-order valence-corrected chi connectivity index (χ3v) is 3.96. The summed E-state index contributed by atoms with van der Waals surface area (Å²) in [6.07, 6.45) is -1.93. The number of carbonyl (C=O) groups is 1. The minimum atomic E-state index is -4.44. The Morgan fingerprint density at radius 2 is 1.84 bits per heavy atom. The molecule has 132 valence electrons. The van der Waals surface area contributed by atoms with Gasteiger partial charge in [-0.3, -0.25) is 4.79 Å². The van der Waals surface area contributed by atoms with Crippen molar-refractivity contribution in [2.45, 2.75) is 24.4 Å². The van der Waals surface area contributed by atoms with Gasteiger partial charge in [-0.05, 0) is 36.6 Å². The van der Waals surface area contributed by atoms with Crippen LogP contribution in [0.15, 0.2) is 42.6 Å². The van der Waals surface area contributed by atoms with Gasteiger partial charge in [0.05, 0.1) is 17.3 Å². The lowest BCUT2D eigenvalue weighted by Gasteiger charge is -2.16. The van der Waals surface area contributed by atoms with E-state index in [0.717, 1.165) is 5.56 Å². The SMILES string of the molecule is O=C(Nc1ccc(OCC(F)(F)F)nc1)C1(c2ccc(F)cc2)CC1. The third-order valence-electron chi connectivity index (χ3n) is 3.96. The molecule has 1 fully saturated rings. The van der Waals surface area contributed by atoms with Crippen molar-refractivity contribution in [3.63, 3.8) is 0 Å². The van der Waals surface area contributed by atoms with Crippen LogP contribution in [0.25, 0.3) is 0 Å². The molecule has 0 spiro atoms. The smallest absolute Gasteiger partial charge is 0.422 e. The molecule has 0 aliphatic heterocycles. The normalized spacial score (nSPS) is 15.5. The van der Waals surface area contributed by atoms with Crippen LogP contribution in [0.5, 0.6) is 5.88 Å². The minimum absolute atomic E-state index is 0.185. The van der Waals surface area contributed by atoms with Crippen molar-refractivity contribution in [3.8, 4) is 5.88 Å². The predicted molar refractivity (Wildman–Crippen MR) is 81.7 cm³/mol. The van der Waals surface area contributed by atoms with Crippen LogP contribution in [0.3, 0.4) is 0 Å². The molecule has 1 N–H and O–H groups in total.